The van der Waals surface area contributed by atoms with Gasteiger partial charge in [-0.25, -0.2) is 4.79 Å². The highest BCUT2D eigenvalue weighted by molar-refractivity contribution is 5.79. The molecule has 1 aliphatic heterocycles. The summed E-state index contributed by atoms with van der Waals surface area (Å²) in [7, 11) is 0. The van der Waals surface area contributed by atoms with Crippen molar-refractivity contribution in [3.8, 4) is 0 Å². The van der Waals surface area contributed by atoms with Crippen LogP contribution in [0.5, 0.6) is 0 Å². The molecule has 0 atom stereocenters. The largest absolute Gasteiger partial charge is 0.481 e. The first-order chi connectivity index (χ1) is 7.09. The number of aliphatic carboxylic acids is 1. The molecule has 1 amide bonds. The second kappa shape index (κ2) is 5.33. The number of hydroxylamine groups is 2. The minimum Gasteiger partial charge on any atom is -0.481 e. The molecule has 1 fully saturated rings. The molecule has 1 aliphatic rings. The third-order valence-corrected chi connectivity index (χ3v) is 2.01. The summed E-state index contributed by atoms with van der Waals surface area (Å²) in [5.41, 5.74) is 0. The van der Waals surface area contributed by atoms with Crippen LogP contribution in [0.25, 0.3) is 0 Å². The van der Waals surface area contributed by atoms with Gasteiger partial charge in [-0.15, -0.1) is 0 Å². The van der Waals surface area contributed by atoms with Crippen molar-refractivity contribution in [1.82, 2.24) is 5.06 Å². The number of carboxylic acids is 1. The number of nitrogens with zero attached hydrogens (tertiary/aromatic N) is 1. The predicted molar refractivity (Wildman–Crippen MR) is 48.5 cm³/mol. The molecule has 0 aromatic rings. The van der Waals surface area contributed by atoms with Gasteiger partial charge in [-0.2, -0.15) is 5.06 Å². The standard InChI is InChI=1S/C9H13NO5/c11-7-3-2-6-10(7)15-9(14)5-1-4-8(12)13/h1-6H2,(H,12,13). The molecule has 6 nitrogen and oxygen atoms in total. The summed E-state index contributed by atoms with van der Waals surface area (Å²) in [6, 6.07) is 0. The second-order valence-corrected chi connectivity index (χ2v) is 3.31. The summed E-state index contributed by atoms with van der Waals surface area (Å²) in [6.45, 7) is 0.434. The van der Waals surface area contributed by atoms with Gasteiger partial charge in [-0.3, -0.25) is 9.59 Å². The monoisotopic (exact) mass is 215 g/mol. The molecule has 6 heteroatoms. The Morgan fingerprint density at radius 2 is 2.13 bits per heavy atom. The number of carboxylic acid groups (broad SMARTS) is 1. The third-order valence-electron chi connectivity index (χ3n) is 2.01. The van der Waals surface area contributed by atoms with E-state index < -0.39 is 11.9 Å². The summed E-state index contributed by atoms with van der Waals surface area (Å²) in [5.74, 6) is -1.69. The van der Waals surface area contributed by atoms with Crippen LogP contribution in [0.2, 0.25) is 0 Å². The first-order valence-corrected chi connectivity index (χ1v) is 4.82. The van der Waals surface area contributed by atoms with Crippen LogP contribution in [0, 0.1) is 0 Å². The predicted octanol–water partition coefficient (Wildman–Crippen LogP) is 0.322. The van der Waals surface area contributed by atoms with Crippen LogP contribution in [0.15, 0.2) is 0 Å². The van der Waals surface area contributed by atoms with Gasteiger partial charge in [0.1, 0.15) is 0 Å². The van der Waals surface area contributed by atoms with Gasteiger partial charge in [-0.05, 0) is 12.8 Å². The Hall–Kier alpha value is -1.59. The molecule has 1 saturated heterocycles. The van der Waals surface area contributed by atoms with E-state index in [1.54, 1.807) is 0 Å². The zero-order chi connectivity index (χ0) is 11.3. The summed E-state index contributed by atoms with van der Waals surface area (Å²) in [6.07, 6.45) is 1.29. The zero-order valence-corrected chi connectivity index (χ0v) is 8.27. The lowest BCUT2D eigenvalue weighted by Gasteiger charge is -2.13. The van der Waals surface area contributed by atoms with Gasteiger partial charge < -0.3 is 9.94 Å². The molecule has 0 unspecified atom stereocenters. The van der Waals surface area contributed by atoms with Crippen molar-refractivity contribution < 1.29 is 24.3 Å². The molecule has 0 aliphatic carbocycles. The Morgan fingerprint density at radius 1 is 1.40 bits per heavy atom. The minimum atomic E-state index is -0.944. The summed E-state index contributed by atoms with van der Waals surface area (Å²) in [5, 5.41) is 9.38. The van der Waals surface area contributed by atoms with Crippen LogP contribution in [-0.4, -0.2) is 34.6 Å². The van der Waals surface area contributed by atoms with E-state index in [0.717, 1.165) is 5.06 Å². The maximum atomic E-state index is 11.1. The molecule has 1 heterocycles. The summed E-state index contributed by atoms with van der Waals surface area (Å²) < 4.78 is 0. The van der Waals surface area contributed by atoms with Crippen LogP contribution in [-0.2, 0) is 19.2 Å². The molecule has 0 bridgehead atoms. The summed E-state index contributed by atoms with van der Waals surface area (Å²) in [4.78, 5) is 37.1. The molecule has 1 rings (SSSR count). The summed E-state index contributed by atoms with van der Waals surface area (Å²) >= 11 is 0. The van der Waals surface area contributed by atoms with Crippen LogP contribution in [0.4, 0.5) is 0 Å². The number of carbonyl (C=O) groups excluding carboxylic acids is 2. The van der Waals surface area contributed by atoms with E-state index in [1.807, 2.05) is 0 Å². The molecule has 0 aromatic heterocycles. The Kier molecular flexibility index (Phi) is 4.08. The molecular formula is C9H13NO5. The molecule has 84 valence electrons. The molecular weight excluding hydrogens is 202 g/mol. The van der Waals surface area contributed by atoms with Gasteiger partial charge in [0.25, 0.3) is 5.91 Å². The van der Waals surface area contributed by atoms with Crippen molar-refractivity contribution in [2.75, 3.05) is 6.54 Å². The van der Waals surface area contributed by atoms with Crippen molar-refractivity contribution in [2.45, 2.75) is 32.1 Å². The van der Waals surface area contributed by atoms with Crippen LogP contribution in [0.3, 0.4) is 0 Å². The Morgan fingerprint density at radius 3 is 2.67 bits per heavy atom. The van der Waals surface area contributed by atoms with Crippen LogP contribution in [0.1, 0.15) is 32.1 Å². The van der Waals surface area contributed by atoms with Gasteiger partial charge in [0.15, 0.2) is 0 Å². The molecule has 0 radical (unpaired) electrons. The maximum absolute atomic E-state index is 11.1. The van der Waals surface area contributed by atoms with E-state index in [4.69, 9.17) is 9.94 Å². The Balaban J connectivity index is 2.18. The molecule has 0 saturated carbocycles. The quantitative estimate of drug-likeness (QED) is 0.714. The van der Waals surface area contributed by atoms with E-state index in [2.05, 4.69) is 0 Å². The topological polar surface area (TPSA) is 83.9 Å². The minimum absolute atomic E-state index is 0.0239. The lowest BCUT2D eigenvalue weighted by atomic mass is 10.2. The fraction of sp³-hybridized carbons (Fsp3) is 0.667. The van der Waals surface area contributed by atoms with Crippen molar-refractivity contribution in [3.05, 3.63) is 0 Å². The third kappa shape index (κ3) is 3.97. The van der Waals surface area contributed by atoms with Gasteiger partial charge in [0.05, 0.1) is 6.54 Å². The van der Waals surface area contributed by atoms with Gasteiger partial charge in [-0.1, -0.05) is 0 Å². The van der Waals surface area contributed by atoms with Crippen molar-refractivity contribution >= 4 is 17.8 Å². The molecule has 1 N–H and O–H groups in total. The number of carbonyl (C=O) groups is 3. The lowest BCUT2D eigenvalue weighted by molar-refractivity contribution is -0.193. The average molecular weight is 215 g/mol. The average Bonchev–Trinajstić information content (AvgIpc) is 2.51. The fourth-order valence-electron chi connectivity index (χ4n) is 1.27. The number of hydrogen-bond donors (Lipinski definition) is 1. The number of hydrogen-bond acceptors (Lipinski definition) is 4. The van der Waals surface area contributed by atoms with Gasteiger partial charge in [0.2, 0.25) is 0 Å². The highest BCUT2D eigenvalue weighted by Gasteiger charge is 2.23. The zero-order valence-electron chi connectivity index (χ0n) is 8.27. The van der Waals surface area contributed by atoms with Crippen LogP contribution >= 0.6 is 0 Å². The number of rotatable bonds is 5. The van der Waals surface area contributed by atoms with E-state index in [0.29, 0.717) is 19.4 Å². The van der Waals surface area contributed by atoms with Crippen molar-refractivity contribution in [3.63, 3.8) is 0 Å². The molecule has 0 spiro atoms. The fourth-order valence-corrected chi connectivity index (χ4v) is 1.27. The van der Waals surface area contributed by atoms with Gasteiger partial charge >= 0.3 is 11.9 Å². The van der Waals surface area contributed by atoms with E-state index in [9.17, 15) is 14.4 Å². The Bertz CT molecular complexity index is 276. The smallest absolute Gasteiger partial charge is 0.332 e. The number of amides is 1. The normalized spacial score (nSPS) is 15.5. The van der Waals surface area contributed by atoms with E-state index in [-0.39, 0.29) is 25.2 Å². The van der Waals surface area contributed by atoms with E-state index >= 15 is 0 Å². The Labute approximate surface area is 86.8 Å². The maximum Gasteiger partial charge on any atom is 0.332 e. The van der Waals surface area contributed by atoms with Crippen LogP contribution < -0.4 is 0 Å². The highest BCUT2D eigenvalue weighted by atomic mass is 16.7. The first-order valence-electron chi connectivity index (χ1n) is 4.82. The second-order valence-electron chi connectivity index (χ2n) is 3.31. The van der Waals surface area contributed by atoms with E-state index in [1.165, 1.54) is 0 Å². The van der Waals surface area contributed by atoms with Crippen molar-refractivity contribution in [1.29, 1.82) is 0 Å². The highest BCUT2D eigenvalue weighted by Crippen LogP contribution is 2.11. The lowest BCUT2D eigenvalue weighted by Crippen LogP contribution is -2.28. The SMILES string of the molecule is O=C(O)CCCC(=O)ON1CCCC1=O. The molecule has 15 heavy (non-hydrogen) atoms. The van der Waals surface area contributed by atoms with Gasteiger partial charge in [0, 0.05) is 19.3 Å². The molecule has 0 aromatic carbocycles. The first kappa shape index (κ1) is 11.5. The van der Waals surface area contributed by atoms with Crippen molar-refractivity contribution in [2.24, 2.45) is 0 Å².